The molecule has 2 aromatic rings. The van der Waals surface area contributed by atoms with Crippen molar-refractivity contribution >= 4 is 11.3 Å². The van der Waals surface area contributed by atoms with Crippen molar-refractivity contribution in [2.75, 3.05) is 0 Å². The van der Waals surface area contributed by atoms with Crippen LogP contribution in [0, 0.1) is 11.3 Å². The van der Waals surface area contributed by atoms with Crippen LogP contribution in [0.25, 0.3) is 0 Å². The van der Waals surface area contributed by atoms with E-state index in [-0.39, 0.29) is 0 Å². The molecule has 2 nitrogen and oxygen atoms in total. The zero-order valence-corrected chi connectivity index (χ0v) is 10.5. The first-order chi connectivity index (χ1) is 8.29. The van der Waals surface area contributed by atoms with E-state index in [0.717, 1.165) is 12.1 Å². The quantitative estimate of drug-likeness (QED) is 0.891. The van der Waals surface area contributed by atoms with Crippen LogP contribution >= 0.6 is 11.3 Å². The van der Waals surface area contributed by atoms with Gasteiger partial charge in [-0.15, -0.1) is 0 Å². The number of thiophene rings is 1. The van der Waals surface area contributed by atoms with E-state index < -0.39 is 0 Å². The Hall–Kier alpha value is -1.63. The highest BCUT2D eigenvalue weighted by molar-refractivity contribution is 7.07. The van der Waals surface area contributed by atoms with Gasteiger partial charge in [0.2, 0.25) is 0 Å². The minimum atomic E-state index is 0.340. The van der Waals surface area contributed by atoms with Gasteiger partial charge in [-0.05, 0) is 47.0 Å². The molecule has 0 aliphatic carbocycles. The first-order valence-electron chi connectivity index (χ1n) is 5.54. The Balaban J connectivity index is 1.96. The van der Waals surface area contributed by atoms with E-state index in [0.29, 0.717) is 11.6 Å². The Kier molecular flexibility index (Phi) is 3.92. The molecule has 86 valence electrons. The maximum Gasteiger partial charge on any atom is 0.0991 e. The molecule has 1 N–H and O–H groups in total. The summed E-state index contributed by atoms with van der Waals surface area (Å²) in [7, 11) is 0. The molecule has 0 amide bonds. The van der Waals surface area contributed by atoms with Gasteiger partial charge in [-0.2, -0.15) is 16.6 Å². The van der Waals surface area contributed by atoms with Gasteiger partial charge in [0.25, 0.3) is 0 Å². The molecule has 3 heteroatoms. The van der Waals surface area contributed by atoms with Gasteiger partial charge in [0.1, 0.15) is 0 Å². The third kappa shape index (κ3) is 3.16. The Morgan fingerprint density at radius 1 is 1.41 bits per heavy atom. The van der Waals surface area contributed by atoms with Crippen LogP contribution in [-0.4, -0.2) is 0 Å². The van der Waals surface area contributed by atoms with Crippen molar-refractivity contribution in [2.45, 2.75) is 19.5 Å². The first-order valence-corrected chi connectivity index (χ1v) is 6.48. The lowest BCUT2D eigenvalue weighted by Gasteiger charge is -2.12. The van der Waals surface area contributed by atoms with Crippen molar-refractivity contribution in [1.29, 1.82) is 5.26 Å². The number of nitriles is 1. The van der Waals surface area contributed by atoms with Crippen molar-refractivity contribution in [2.24, 2.45) is 0 Å². The van der Waals surface area contributed by atoms with Gasteiger partial charge in [0, 0.05) is 12.6 Å². The molecule has 0 spiro atoms. The van der Waals surface area contributed by atoms with E-state index in [4.69, 9.17) is 5.26 Å². The third-order valence-corrected chi connectivity index (χ3v) is 3.41. The monoisotopic (exact) mass is 242 g/mol. The lowest BCUT2D eigenvalue weighted by Crippen LogP contribution is -2.17. The smallest absolute Gasteiger partial charge is 0.0991 e. The highest BCUT2D eigenvalue weighted by Gasteiger charge is 2.04. The number of hydrogen-bond acceptors (Lipinski definition) is 3. The van der Waals surface area contributed by atoms with Crippen molar-refractivity contribution in [1.82, 2.24) is 5.32 Å². The predicted molar refractivity (Wildman–Crippen MR) is 70.7 cm³/mol. The van der Waals surface area contributed by atoms with Crippen molar-refractivity contribution in [3.8, 4) is 6.07 Å². The molecule has 0 saturated carbocycles. The minimum Gasteiger partial charge on any atom is -0.306 e. The maximum absolute atomic E-state index is 8.82. The van der Waals surface area contributed by atoms with Gasteiger partial charge >= 0.3 is 0 Å². The molecule has 0 radical (unpaired) electrons. The number of benzene rings is 1. The Morgan fingerprint density at radius 2 is 2.29 bits per heavy atom. The molecule has 0 aliphatic heterocycles. The fourth-order valence-electron chi connectivity index (χ4n) is 1.66. The molecule has 0 saturated heterocycles. The average Bonchev–Trinajstić information content (AvgIpc) is 2.90. The van der Waals surface area contributed by atoms with Gasteiger partial charge in [0.15, 0.2) is 0 Å². The van der Waals surface area contributed by atoms with Crippen LogP contribution in [-0.2, 0) is 6.54 Å². The molecule has 2 rings (SSSR count). The highest BCUT2D eigenvalue weighted by atomic mass is 32.1. The van der Waals surface area contributed by atoms with Crippen LogP contribution in [0.2, 0.25) is 0 Å². The topological polar surface area (TPSA) is 35.8 Å². The minimum absolute atomic E-state index is 0.340. The molecule has 1 heterocycles. The summed E-state index contributed by atoms with van der Waals surface area (Å²) in [6.45, 7) is 2.93. The Bertz CT molecular complexity index is 511. The van der Waals surface area contributed by atoms with Crippen molar-refractivity contribution < 1.29 is 0 Å². The standard InChI is InChI=1S/C14H14N2S/c1-11(14-5-6-17-10-14)16-9-13-4-2-3-12(7-13)8-15/h2-7,10-11,16H,9H2,1H3. The summed E-state index contributed by atoms with van der Waals surface area (Å²) in [4.78, 5) is 0. The number of hydrogen-bond donors (Lipinski definition) is 1. The zero-order valence-electron chi connectivity index (χ0n) is 9.68. The second-order valence-electron chi connectivity index (χ2n) is 3.97. The summed E-state index contributed by atoms with van der Waals surface area (Å²) in [5.41, 5.74) is 3.17. The lowest BCUT2D eigenvalue weighted by atomic mass is 10.1. The van der Waals surface area contributed by atoms with Crippen molar-refractivity contribution in [3.05, 3.63) is 57.8 Å². The predicted octanol–water partition coefficient (Wildman–Crippen LogP) is 3.47. The number of nitrogens with one attached hydrogen (secondary N) is 1. The molecule has 17 heavy (non-hydrogen) atoms. The van der Waals surface area contributed by atoms with Crippen LogP contribution in [0.4, 0.5) is 0 Å². The lowest BCUT2D eigenvalue weighted by molar-refractivity contribution is 0.576. The molecule has 0 bridgehead atoms. The second-order valence-corrected chi connectivity index (χ2v) is 4.75. The van der Waals surface area contributed by atoms with Crippen LogP contribution in [0.3, 0.4) is 0 Å². The SMILES string of the molecule is CC(NCc1cccc(C#N)c1)c1ccsc1. The Labute approximate surface area is 106 Å². The summed E-state index contributed by atoms with van der Waals surface area (Å²) in [6, 6.07) is 12.3. The molecule has 1 aromatic carbocycles. The van der Waals surface area contributed by atoms with E-state index >= 15 is 0 Å². The van der Waals surface area contributed by atoms with E-state index in [1.165, 1.54) is 5.56 Å². The fourth-order valence-corrected chi connectivity index (χ4v) is 2.42. The van der Waals surface area contributed by atoms with Crippen LogP contribution < -0.4 is 5.32 Å². The van der Waals surface area contributed by atoms with E-state index in [1.807, 2.05) is 24.3 Å². The van der Waals surface area contributed by atoms with Gasteiger partial charge in [-0.3, -0.25) is 0 Å². The van der Waals surface area contributed by atoms with Gasteiger partial charge in [-0.1, -0.05) is 12.1 Å². The van der Waals surface area contributed by atoms with E-state index in [9.17, 15) is 0 Å². The number of rotatable bonds is 4. The Morgan fingerprint density at radius 3 is 3.00 bits per heavy atom. The van der Waals surface area contributed by atoms with Crippen molar-refractivity contribution in [3.63, 3.8) is 0 Å². The summed E-state index contributed by atoms with van der Waals surface area (Å²) in [5.74, 6) is 0. The van der Waals surface area contributed by atoms with Crippen LogP contribution in [0.15, 0.2) is 41.1 Å². The summed E-state index contributed by atoms with van der Waals surface area (Å²) < 4.78 is 0. The molecular formula is C14H14N2S. The molecule has 1 atom stereocenters. The molecule has 1 aromatic heterocycles. The van der Waals surface area contributed by atoms with E-state index in [2.05, 4.69) is 35.1 Å². The van der Waals surface area contributed by atoms with Gasteiger partial charge in [-0.25, -0.2) is 0 Å². The molecule has 0 aliphatic rings. The third-order valence-electron chi connectivity index (χ3n) is 2.71. The van der Waals surface area contributed by atoms with Crippen LogP contribution in [0.5, 0.6) is 0 Å². The van der Waals surface area contributed by atoms with E-state index in [1.54, 1.807) is 11.3 Å². The molecular weight excluding hydrogens is 228 g/mol. The summed E-state index contributed by atoms with van der Waals surface area (Å²) in [6.07, 6.45) is 0. The highest BCUT2D eigenvalue weighted by Crippen LogP contribution is 2.16. The molecule has 0 fully saturated rings. The van der Waals surface area contributed by atoms with Gasteiger partial charge in [0.05, 0.1) is 11.6 Å². The second kappa shape index (κ2) is 5.62. The summed E-state index contributed by atoms with van der Waals surface area (Å²) >= 11 is 1.71. The maximum atomic E-state index is 8.82. The summed E-state index contributed by atoms with van der Waals surface area (Å²) in [5, 5.41) is 16.5. The normalized spacial score (nSPS) is 12.0. The first kappa shape index (κ1) is 11.8. The zero-order chi connectivity index (χ0) is 12.1. The molecule has 1 unspecified atom stereocenters. The average molecular weight is 242 g/mol. The van der Waals surface area contributed by atoms with Crippen LogP contribution in [0.1, 0.15) is 29.7 Å². The largest absolute Gasteiger partial charge is 0.306 e. The van der Waals surface area contributed by atoms with Gasteiger partial charge < -0.3 is 5.32 Å². The number of nitrogens with zero attached hydrogens (tertiary/aromatic N) is 1. The fraction of sp³-hybridized carbons (Fsp3) is 0.214.